The van der Waals surface area contributed by atoms with Crippen molar-refractivity contribution in [2.75, 3.05) is 12.4 Å². The van der Waals surface area contributed by atoms with E-state index in [2.05, 4.69) is 15.3 Å². The van der Waals surface area contributed by atoms with Gasteiger partial charge in [0.15, 0.2) is 5.82 Å². The number of nitrogens with one attached hydrogen (secondary N) is 1. The summed E-state index contributed by atoms with van der Waals surface area (Å²) < 4.78 is 4.99. The Labute approximate surface area is 121 Å². The Balaban J connectivity index is 2.27. The molecule has 0 saturated carbocycles. The van der Waals surface area contributed by atoms with Crippen molar-refractivity contribution in [2.24, 2.45) is 0 Å². The highest BCUT2D eigenvalue weighted by Gasteiger charge is 2.06. The first-order valence-electron chi connectivity index (χ1n) is 5.64. The van der Waals surface area contributed by atoms with E-state index in [9.17, 15) is 0 Å². The third-order valence-corrected chi connectivity index (χ3v) is 2.91. The third-order valence-electron chi connectivity index (χ3n) is 2.40. The Morgan fingerprint density at radius 3 is 2.68 bits per heavy atom. The second-order valence-corrected chi connectivity index (χ2v) is 4.83. The molecule has 2 rings (SSSR count). The van der Waals surface area contributed by atoms with Gasteiger partial charge in [-0.3, -0.25) is 0 Å². The zero-order chi connectivity index (χ0) is 13.8. The summed E-state index contributed by atoms with van der Waals surface area (Å²) in [6, 6.07) is 7.37. The highest BCUT2D eigenvalue weighted by Crippen LogP contribution is 2.26. The fraction of sp³-hybridized carbons (Fsp3) is 0.231. The van der Waals surface area contributed by atoms with Crippen molar-refractivity contribution in [2.45, 2.75) is 13.5 Å². The smallest absolute Gasteiger partial charge is 0.158 e. The lowest BCUT2D eigenvalue weighted by molar-refractivity contribution is 0.178. The molecule has 1 aromatic heterocycles. The van der Waals surface area contributed by atoms with E-state index in [1.807, 2.05) is 25.1 Å². The molecule has 2 aromatic rings. The van der Waals surface area contributed by atoms with E-state index in [-0.39, 0.29) is 0 Å². The van der Waals surface area contributed by atoms with Crippen LogP contribution in [0.15, 0.2) is 24.3 Å². The Morgan fingerprint density at radius 1 is 1.21 bits per heavy atom. The van der Waals surface area contributed by atoms with Gasteiger partial charge in [-0.25, -0.2) is 9.97 Å². The summed E-state index contributed by atoms with van der Waals surface area (Å²) in [6.07, 6.45) is 0. The topological polar surface area (TPSA) is 47.0 Å². The van der Waals surface area contributed by atoms with Gasteiger partial charge in [-0.1, -0.05) is 29.3 Å². The number of benzene rings is 1. The quantitative estimate of drug-likeness (QED) is 0.867. The maximum Gasteiger partial charge on any atom is 0.158 e. The van der Waals surface area contributed by atoms with Gasteiger partial charge in [0, 0.05) is 13.2 Å². The summed E-state index contributed by atoms with van der Waals surface area (Å²) in [5.41, 5.74) is 1.86. The standard InChI is InChI=1S/C13H13Cl2N3O/c1-8-3-4-10(9(14)5-8)16-12-6-11(15)17-13(18-12)7-19-2/h3-6H,7H2,1-2H3,(H,16,17,18). The van der Waals surface area contributed by atoms with Gasteiger partial charge in [0.1, 0.15) is 17.6 Å². The van der Waals surface area contributed by atoms with Crippen LogP contribution in [0.2, 0.25) is 10.2 Å². The summed E-state index contributed by atoms with van der Waals surface area (Å²) in [6.45, 7) is 2.28. The number of aryl methyl sites for hydroxylation is 1. The molecule has 4 nitrogen and oxygen atoms in total. The predicted molar refractivity (Wildman–Crippen MR) is 77.2 cm³/mol. The second kappa shape index (κ2) is 6.19. The number of rotatable bonds is 4. The van der Waals surface area contributed by atoms with Gasteiger partial charge in [-0.15, -0.1) is 0 Å². The number of hydrogen-bond acceptors (Lipinski definition) is 4. The highest BCUT2D eigenvalue weighted by atomic mass is 35.5. The van der Waals surface area contributed by atoms with Crippen LogP contribution in [0.4, 0.5) is 11.5 Å². The van der Waals surface area contributed by atoms with Crippen molar-refractivity contribution in [3.63, 3.8) is 0 Å². The number of methoxy groups -OCH3 is 1. The first kappa shape index (κ1) is 14.1. The number of halogens is 2. The lowest BCUT2D eigenvalue weighted by atomic mass is 10.2. The van der Waals surface area contributed by atoms with E-state index >= 15 is 0 Å². The van der Waals surface area contributed by atoms with E-state index in [0.717, 1.165) is 11.3 Å². The SMILES string of the molecule is COCc1nc(Cl)cc(Nc2ccc(C)cc2Cl)n1. The molecule has 0 unspecified atom stereocenters. The Hall–Kier alpha value is -1.36. The van der Waals surface area contributed by atoms with Crippen molar-refractivity contribution in [3.8, 4) is 0 Å². The average Bonchev–Trinajstić information content (AvgIpc) is 2.32. The zero-order valence-corrected chi connectivity index (χ0v) is 12.1. The molecule has 0 aliphatic carbocycles. The van der Waals surface area contributed by atoms with Crippen molar-refractivity contribution < 1.29 is 4.74 Å². The molecule has 0 fully saturated rings. The molecular formula is C13H13Cl2N3O. The molecule has 1 heterocycles. The summed E-state index contributed by atoms with van der Waals surface area (Å²) in [5.74, 6) is 1.10. The van der Waals surface area contributed by atoms with Crippen molar-refractivity contribution in [1.82, 2.24) is 9.97 Å². The maximum atomic E-state index is 6.16. The Bertz CT molecular complexity index is 590. The molecule has 6 heteroatoms. The van der Waals surface area contributed by atoms with E-state index in [1.54, 1.807) is 13.2 Å². The number of hydrogen-bond donors (Lipinski definition) is 1. The van der Waals surface area contributed by atoms with Gasteiger partial charge in [0.2, 0.25) is 0 Å². The van der Waals surface area contributed by atoms with E-state index in [4.69, 9.17) is 27.9 Å². The molecule has 0 bridgehead atoms. The number of anilines is 2. The van der Waals surface area contributed by atoms with Crippen LogP contribution in [0.3, 0.4) is 0 Å². The lowest BCUT2D eigenvalue weighted by Crippen LogP contribution is -2.02. The fourth-order valence-corrected chi connectivity index (χ4v) is 2.07. The normalized spacial score (nSPS) is 10.5. The van der Waals surface area contributed by atoms with E-state index < -0.39 is 0 Å². The number of nitrogens with zero attached hydrogens (tertiary/aromatic N) is 2. The monoisotopic (exact) mass is 297 g/mol. The minimum Gasteiger partial charge on any atom is -0.377 e. The maximum absolute atomic E-state index is 6.16. The summed E-state index contributed by atoms with van der Waals surface area (Å²) >= 11 is 12.1. The molecular weight excluding hydrogens is 285 g/mol. The molecule has 0 aliphatic rings. The second-order valence-electron chi connectivity index (χ2n) is 4.03. The summed E-state index contributed by atoms with van der Waals surface area (Å²) in [7, 11) is 1.58. The minimum atomic E-state index is 0.302. The Morgan fingerprint density at radius 2 is 2.00 bits per heavy atom. The van der Waals surface area contributed by atoms with Crippen molar-refractivity contribution in [3.05, 3.63) is 45.8 Å². The van der Waals surface area contributed by atoms with Gasteiger partial charge < -0.3 is 10.1 Å². The van der Waals surface area contributed by atoms with Crippen LogP contribution in [0, 0.1) is 6.92 Å². The van der Waals surface area contributed by atoms with Gasteiger partial charge in [0.25, 0.3) is 0 Å². The van der Waals surface area contributed by atoms with E-state index in [0.29, 0.717) is 28.4 Å². The molecule has 0 atom stereocenters. The molecule has 0 amide bonds. The van der Waals surface area contributed by atoms with Crippen molar-refractivity contribution in [1.29, 1.82) is 0 Å². The third kappa shape index (κ3) is 3.80. The van der Waals surface area contributed by atoms with Crippen LogP contribution >= 0.6 is 23.2 Å². The fourth-order valence-electron chi connectivity index (χ4n) is 1.58. The predicted octanol–water partition coefficient (Wildman–Crippen LogP) is 3.98. The van der Waals surface area contributed by atoms with Crippen LogP contribution in [-0.2, 0) is 11.3 Å². The van der Waals surface area contributed by atoms with Gasteiger partial charge in [-0.05, 0) is 24.6 Å². The first-order valence-corrected chi connectivity index (χ1v) is 6.39. The van der Waals surface area contributed by atoms with Gasteiger partial charge >= 0.3 is 0 Å². The van der Waals surface area contributed by atoms with Crippen LogP contribution in [-0.4, -0.2) is 17.1 Å². The first-order chi connectivity index (χ1) is 9.08. The number of aromatic nitrogens is 2. The number of ether oxygens (including phenoxy) is 1. The van der Waals surface area contributed by atoms with Gasteiger partial charge in [0.05, 0.1) is 10.7 Å². The zero-order valence-electron chi connectivity index (χ0n) is 10.6. The molecule has 0 aliphatic heterocycles. The van der Waals surface area contributed by atoms with Gasteiger partial charge in [-0.2, -0.15) is 0 Å². The lowest BCUT2D eigenvalue weighted by Gasteiger charge is -2.09. The summed E-state index contributed by atoms with van der Waals surface area (Å²) in [4.78, 5) is 8.35. The van der Waals surface area contributed by atoms with E-state index in [1.165, 1.54) is 0 Å². The molecule has 0 radical (unpaired) electrons. The Kier molecular flexibility index (Phi) is 4.58. The van der Waals surface area contributed by atoms with Crippen molar-refractivity contribution >= 4 is 34.7 Å². The minimum absolute atomic E-state index is 0.302. The molecule has 19 heavy (non-hydrogen) atoms. The largest absolute Gasteiger partial charge is 0.377 e. The molecule has 0 saturated heterocycles. The van der Waals surface area contributed by atoms with Crippen LogP contribution in [0.25, 0.3) is 0 Å². The average molecular weight is 298 g/mol. The van der Waals surface area contributed by atoms with Crippen LogP contribution in [0.1, 0.15) is 11.4 Å². The summed E-state index contributed by atoms with van der Waals surface area (Å²) in [5, 5.41) is 4.10. The van der Waals surface area contributed by atoms with Crippen LogP contribution < -0.4 is 5.32 Å². The highest BCUT2D eigenvalue weighted by molar-refractivity contribution is 6.33. The van der Waals surface area contributed by atoms with Crippen LogP contribution in [0.5, 0.6) is 0 Å². The molecule has 1 aromatic carbocycles. The molecule has 0 spiro atoms. The molecule has 1 N–H and O–H groups in total. The molecule has 100 valence electrons.